The number of methoxy groups -OCH3 is 1. The van der Waals surface area contributed by atoms with Crippen LogP contribution in [-0.2, 0) is 16.1 Å². The number of amides is 2. The molecular formula is C30H37N5O4. The van der Waals surface area contributed by atoms with E-state index in [-0.39, 0.29) is 11.8 Å². The van der Waals surface area contributed by atoms with Gasteiger partial charge in [-0.25, -0.2) is 0 Å². The van der Waals surface area contributed by atoms with Gasteiger partial charge in [-0.05, 0) is 49.1 Å². The summed E-state index contributed by atoms with van der Waals surface area (Å²) in [7, 11) is 1.57. The summed E-state index contributed by atoms with van der Waals surface area (Å²) in [5.74, 6) is 0.705. The third-order valence-corrected chi connectivity index (χ3v) is 8.37. The lowest BCUT2D eigenvalue weighted by atomic mass is 9.77. The van der Waals surface area contributed by atoms with Crippen LogP contribution in [0.1, 0.15) is 40.7 Å². The van der Waals surface area contributed by atoms with Gasteiger partial charge in [0.1, 0.15) is 5.75 Å². The van der Waals surface area contributed by atoms with Gasteiger partial charge in [0.25, 0.3) is 5.91 Å². The Morgan fingerprint density at radius 3 is 2.38 bits per heavy atom. The fraction of sp³-hybridized carbons (Fsp3) is 0.433. The van der Waals surface area contributed by atoms with Crippen LogP contribution in [0.5, 0.6) is 5.75 Å². The van der Waals surface area contributed by atoms with Gasteiger partial charge in [0.05, 0.1) is 25.7 Å². The molecule has 2 amide bonds. The summed E-state index contributed by atoms with van der Waals surface area (Å²) in [5, 5.41) is 7.58. The summed E-state index contributed by atoms with van der Waals surface area (Å²) in [6, 6.07) is 13.5. The molecule has 3 aliphatic rings. The van der Waals surface area contributed by atoms with E-state index >= 15 is 0 Å². The quantitative estimate of drug-likeness (QED) is 0.531. The maximum Gasteiger partial charge on any atom is 0.253 e. The van der Waals surface area contributed by atoms with E-state index in [1.165, 1.54) is 18.0 Å². The number of rotatable bonds is 7. The lowest BCUT2D eigenvalue weighted by molar-refractivity contribution is -0.127. The van der Waals surface area contributed by atoms with Crippen LogP contribution in [-0.4, -0.2) is 80.9 Å². The number of carbonyl (C=O) groups is 2. The summed E-state index contributed by atoms with van der Waals surface area (Å²) in [5.41, 5.74) is 9.13. The number of piperidine rings is 1. The highest BCUT2D eigenvalue weighted by atomic mass is 16.5. The molecule has 3 saturated heterocycles. The normalized spacial score (nSPS) is 19.9. The van der Waals surface area contributed by atoms with E-state index in [1.807, 2.05) is 52.3 Å². The third kappa shape index (κ3) is 5.42. The molecule has 39 heavy (non-hydrogen) atoms. The Balaban J connectivity index is 1.21. The monoisotopic (exact) mass is 531 g/mol. The largest absolute Gasteiger partial charge is 0.496 e. The van der Waals surface area contributed by atoms with Crippen LogP contribution >= 0.6 is 0 Å². The van der Waals surface area contributed by atoms with Crippen LogP contribution in [0.15, 0.2) is 48.7 Å². The zero-order chi connectivity index (χ0) is 27.4. The van der Waals surface area contributed by atoms with Crippen molar-refractivity contribution in [1.82, 2.24) is 9.80 Å². The van der Waals surface area contributed by atoms with Crippen molar-refractivity contribution >= 4 is 29.3 Å². The first kappa shape index (κ1) is 26.9. The Morgan fingerprint density at radius 2 is 1.74 bits per heavy atom. The number of likely N-dealkylation sites (tertiary alicyclic amines) is 1. The number of hydrogen-bond acceptors (Lipinski definition) is 7. The average Bonchev–Trinajstić information content (AvgIpc) is 3.29. The third-order valence-electron chi connectivity index (χ3n) is 8.37. The second kappa shape index (κ2) is 11.6. The predicted octanol–water partition coefficient (Wildman–Crippen LogP) is 3.14. The first-order chi connectivity index (χ1) is 19.0. The lowest BCUT2D eigenvalue weighted by Crippen LogP contribution is -2.46. The van der Waals surface area contributed by atoms with Crippen molar-refractivity contribution < 1.29 is 19.1 Å². The molecule has 5 rings (SSSR count). The van der Waals surface area contributed by atoms with Gasteiger partial charge >= 0.3 is 0 Å². The van der Waals surface area contributed by atoms with Gasteiger partial charge in [-0.3, -0.25) is 14.5 Å². The molecule has 2 aromatic carbocycles. The fourth-order valence-electron chi connectivity index (χ4n) is 5.92. The molecule has 0 aliphatic carbocycles. The highest BCUT2D eigenvalue weighted by molar-refractivity contribution is 6.09. The van der Waals surface area contributed by atoms with Crippen LogP contribution in [0.25, 0.3) is 5.57 Å². The molecule has 3 aliphatic heterocycles. The van der Waals surface area contributed by atoms with Crippen LogP contribution in [0.2, 0.25) is 0 Å². The number of nitrogens with zero attached hydrogens (tertiary/aromatic N) is 3. The van der Waals surface area contributed by atoms with E-state index in [4.69, 9.17) is 20.6 Å². The molecule has 3 N–H and O–H groups in total. The number of anilines is 1. The molecule has 9 nitrogen and oxygen atoms in total. The minimum absolute atomic E-state index is 0.0281. The number of hydrogen-bond donors (Lipinski definition) is 2. The summed E-state index contributed by atoms with van der Waals surface area (Å²) in [6.45, 7) is 6.04. The molecule has 9 heteroatoms. The van der Waals surface area contributed by atoms with Gasteiger partial charge in [0.2, 0.25) is 5.91 Å². The first-order valence-corrected chi connectivity index (χ1v) is 13.6. The second-order valence-corrected chi connectivity index (χ2v) is 10.5. The predicted molar refractivity (Wildman–Crippen MR) is 151 cm³/mol. The molecule has 3 fully saturated rings. The molecule has 3 heterocycles. The number of carbonyl (C=O) groups excluding carboxylic acids is 2. The van der Waals surface area contributed by atoms with Crippen molar-refractivity contribution in [1.29, 1.82) is 5.41 Å². The molecule has 0 aromatic heterocycles. The summed E-state index contributed by atoms with van der Waals surface area (Å²) >= 11 is 0. The van der Waals surface area contributed by atoms with E-state index in [1.54, 1.807) is 7.11 Å². The topological polar surface area (TPSA) is 112 Å². The molecule has 0 radical (unpaired) electrons. The van der Waals surface area contributed by atoms with Gasteiger partial charge < -0.3 is 30.4 Å². The number of morpholine rings is 1. The van der Waals surface area contributed by atoms with E-state index in [0.717, 1.165) is 45.0 Å². The minimum atomic E-state index is -0.442. The SMILES string of the molecule is COc1cc(N2CCC3(CCN(C(=O)c4ccc(CN5CCOCC5)cc4)CC3)C2=O)ccc1/C(C=N)=C/N. The number of nitrogens with two attached hydrogens (primary N) is 1. The van der Waals surface area contributed by atoms with Gasteiger partial charge in [-0.2, -0.15) is 0 Å². The molecule has 0 saturated carbocycles. The Kier molecular flexibility index (Phi) is 7.99. The minimum Gasteiger partial charge on any atom is -0.496 e. The van der Waals surface area contributed by atoms with Crippen molar-refractivity contribution in [3.8, 4) is 5.75 Å². The Bertz CT molecular complexity index is 1240. The number of allylic oxidation sites excluding steroid dienone is 1. The second-order valence-electron chi connectivity index (χ2n) is 10.5. The number of benzene rings is 2. The zero-order valence-corrected chi connectivity index (χ0v) is 22.5. The van der Waals surface area contributed by atoms with E-state index in [0.29, 0.717) is 54.9 Å². The maximum atomic E-state index is 13.7. The summed E-state index contributed by atoms with van der Waals surface area (Å²) in [4.78, 5) is 33.0. The van der Waals surface area contributed by atoms with Crippen molar-refractivity contribution in [3.63, 3.8) is 0 Å². The standard InChI is InChI=1S/C30H37N5O4/c1-38-27-18-25(6-7-26(27)24(19-31)20-32)35-13-10-30(29(35)37)8-11-34(12-9-30)28(36)23-4-2-22(3-5-23)21-33-14-16-39-17-15-33/h2-7,18-20,31H,8-17,21,32H2,1H3/b24-20+,31-19?. The van der Waals surface area contributed by atoms with Gasteiger partial charge in [0.15, 0.2) is 0 Å². The van der Waals surface area contributed by atoms with Crippen molar-refractivity contribution in [2.45, 2.75) is 25.8 Å². The molecule has 0 unspecified atom stereocenters. The van der Waals surface area contributed by atoms with Gasteiger partial charge in [-0.1, -0.05) is 12.1 Å². The number of ether oxygens (including phenoxy) is 2. The molecule has 0 atom stereocenters. The molecule has 1 spiro atoms. The van der Waals surface area contributed by atoms with Crippen LogP contribution in [0.3, 0.4) is 0 Å². The van der Waals surface area contributed by atoms with Crippen molar-refractivity contribution in [3.05, 3.63) is 65.4 Å². The average molecular weight is 532 g/mol. The smallest absolute Gasteiger partial charge is 0.253 e. The zero-order valence-electron chi connectivity index (χ0n) is 22.5. The van der Waals surface area contributed by atoms with Gasteiger partial charge in [-0.15, -0.1) is 0 Å². The Hall–Kier alpha value is -3.69. The lowest BCUT2D eigenvalue weighted by Gasteiger charge is -2.38. The Labute approximate surface area is 229 Å². The van der Waals surface area contributed by atoms with Crippen LogP contribution < -0.4 is 15.4 Å². The highest BCUT2D eigenvalue weighted by Gasteiger charge is 2.49. The van der Waals surface area contributed by atoms with Crippen LogP contribution in [0.4, 0.5) is 5.69 Å². The Morgan fingerprint density at radius 1 is 1.05 bits per heavy atom. The summed E-state index contributed by atoms with van der Waals surface area (Å²) in [6.07, 6.45) is 4.64. The summed E-state index contributed by atoms with van der Waals surface area (Å²) < 4.78 is 11.0. The van der Waals surface area contributed by atoms with Crippen molar-refractivity contribution in [2.24, 2.45) is 11.1 Å². The molecule has 0 bridgehead atoms. The van der Waals surface area contributed by atoms with E-state index in [9.17, 15) is 9.59 Å². The first-order valence-electron chi connectivity index (χ1n) is 13.6. The van der Waals surface area contributed by atoms with Crippen molar-refractivity contribution in [2.75, 3.05) is 57.9 Å². The molecule has 2 aromatic rings. The van der Waals surface area contributed by atoms with E-state index < -0.39 is 5.41 Å². The molecular weight excluding hydrogens is 494 g/mol. The van der Waals surface area contributed by atoms with Gasteiger partial charge in [0, 0.05) is 80.1 Å². The highest BCUT2D eigenvalue weighted by Crippen LogP contribution is 2.44. The fourth-order valence-corrected chi connectivity index (χ4v) is 5.92. The molecule has 206 valence electrons. The number of nitrogens with one attached hydrogen (secondary N) is 1. The van der Waals surface area contributed by atoms with E-state index in [2.05, 4.69) is 4.90 Å². The van der Waals surface area contributed by atoms with Crippen LogP contribution in [0, 0.1) is 10.8 Å². The maximum absolute atomic E-state index is 13.7.